The number of aliphatic hydroxyl groups is 4. The van der Waals surface area contributed by atoms with Gasteiger partial charge in [0.15, 0.2) is 17.5 Å². The number of hydrogen-bond donors (Lipinski definition) is 5. The van der Waals surface area contributed by atoms with E-state index >= 15 is 0 Å². The van der Waals surface area contributed by atoms with Crippen molar-refractivity contribution < 1.29 is 63.3 Å². The van der Waals surface area contributed by atoms with Crippen LogP contribution in [0.25, 0.3) is 0 Å². The number of thiocyanates is 1. The molecule has 0 aromatic heterocycles. The fourth-order valence-electron chi connectivity index (χ4n) is 9.44. The molecule has 3 aliphatic carbocycles. The van der Waals surface area contributed by atoms with E-state index in [1.165, 1.54) is 39.8 Å². The molecule has 1 heterocycles. The molecule has 16 heteroatoms. The molecule has 4 aliphatic rings. The fourth-order valence-corrected chi connectivity index (χ4v) is 9.72. The fraction of sp³-hybridized carbons (Fsp3) is 0.512. The first-order chi connectivity index (χ1) is 26.8. The van der Waals surface area contributed by atoms with Crippen LogP contribution >= 0.6 is 11.8 Å². The van der Waals surface area contributed by atoms with Gasteiger partial charge >= 0.3 is 17.9 Å². The number of ketones is 1. The number of carbonyl (C=O) groups is 5. The zero-order chi connectivity index (χ0) is 41.7. The van der Waals surface area contributed by atoms with Crippen LogP contribution in [0.5, 0.6) is 0 Å². The normalized spacial score (nSPS) is 33.6. The second-order valence-corrected chi connectivity index (χ2v) is 16.6. The van der Waals surface area contributed by atoms with Crippen LogP contribution in [0.1, 0.15) is 69.4 Å². The molecule has 2 aromatic rings. The number of hydrogen-bond acceptors (Lipinski definition) is 15. The highest BCUT2D eigenvalue weighted by Gasteiger charge is 2.78. The zero-order valence-electron chi connectivity index (χ0n) is 32.0. The van der Waals surface area contributed by atoms with Crippen LogP contribution in [0, 0.1) is 27.4 Å². The first kappa shape index (κ1) is 42.0. The maximum Gasteiger partial charge on any atom is 0.338 e. The van der Waals surface area contributed by atoms with Crippen LogP contribution in [-0.2, 0) is 38.1 Å². The minimum atomic E-state index is -2.36. The third-order valence-corrected chi connectivity index (χ3v) is 13.0. The molecule has 5 N–H and O–H groups in total. The molecule has 2 saturated carbocycles. The molecule has 6 rings (SSSR count). The van der Waals surface area contributed by atoms with E-state index < -0.39 is 107 Å². The van der Waals surface area contributed by atoms with Crippen molar-refractivity contribution >= 4 is 41.4 Å². The summed E-state index contributed by atoms with van der Waals surface area (Å²) in [6.45, 7) is 6.80. The molecule has 1 amide bonds. The van der Waals surface area contributed by atoms with E-state index in [1.807, 2.05) is 0 Å². The van der Waals surface area contributed by atoms with Crippen molar-refractivity contribution in [2.75, 3.05) is 12.4 Å². The van der Waals surface area contributed by atoms with Gasteiger partial charge in [-0.1, -0.05) is 62.4 Å². The molecule has 1 aliphatic heterocycles. The van der Waals surface area contributed by atoms with Gasteiger partial charge < -0.3 is 44.7 Å². The van der Waals surface area contributed by atoms with Crippen LogP contribution in [0.4, 0.5) is 0 Å². The Morgan fingerprint density at radius 2 is 1.67 bits per heavy atom. The van der Waals surface area contributed by atoms with Crippen LogP contribution in [0.2, 0.25) is 0 Å². The lowest BCUT2D eigenvalue weighted by atomic mass is 9.44. The lowest BCUT2D eigenvalue weighted by molar-refractivity contribution is -0.346. The molecule has 11 atom stereocenters. The molecular formula is C41H46N2O13S. The van der Waals surface area contributed by atoms with Gasteiger partial charge in [0.2, 0.25) is 5.91 Å². The highest BCUT2D eigenvalue weighted by molar-refractivity contribution is 8.04. The molecule has 57 heavy (non-hydrogen) atoms. The Bertz CT molecular complexity index is 2000. The number of carbonyl (C=O) groups excluding carboxylic acids is 5. The first-order valence-electron chi connectivity index (χ1n) is 18.5. The highest BCUT2D eigenvalue weighted by atomic mass is 32.2. The van der Waals surface area contributed by atoms with Gasteiger partial charge in [0.25, 0.3) is 0 Å². The Morgan fingerprint density at radius 1 is 1.04 bits per heavy atom. The van der Waals surface area contributed by atoms with Gasteiger partial charge in [-0.25, -0.2) is 9.59 Å². The average molecular weight is 807 g/mol. The van der Waals surface area contributed by atoms with Crippen LogP contribution < -0.4 is 5.32 Å². The minimum absolute atomic E-state index is 0.0730. The van der Waals surface area contributed by atoms with Gasteiger partial charge in [-0.15, -0.1) is 0 Å². The Balaban J connectivity index is 1.49. The summed E-state index contributed by atoms with van der Waals surface area (Å²) in [6.07, 6.45) is -10.6. The maximum atomic E-state index is 14.9. The molecule has 0 spiro atoms. The highest BCUT2D eigenvalue weighted by Crippen LogP contribution is 2.64. The van der Waals surface area contributed by atoms with E-state index in [1.54, 1.807) is 53.9 Å². The van der Waals surface area contributed by atoms with Gasteiger partial charge in [-0.05, 0) is 54.5 Å². The molecule has 0 unspecified atom stereocenters. The van der Waals surface area contributed by atoms with E-state index in [-0.39, 0.29) is 35.5 Å². The topological polar surface area (TPSA) is 239 Å². The summed E-state index contributed by atoms with van der Waals surface area (Å²) in [5.74, 6) is -6.34. The van der Waals surface area contributed by atoms with E-state index in [0.717, 1.165) is 6.92 Å². The summed E-state index contributed by atoms with van der Waals surface area (Å²) in [4.78, 5) is 68.5. The lowest BCUT2D eigenvalue weighted by Gasteiger charge is -2.67. The van der Waals surface area contributed by atoms with Gasteiger partial charge in [0.05, 0.1) is 41.4 Å². The van der Waals surface area contributed by atoms with Crippen molar-refractivity contribution in [3.63, 3.8) is 0 Å². The van der Waals surface area contributed by atoms with Crippen LogP contribution in [-0.4, -0.2) is 110 Å². The zero-order valence-corrected chi connectivity index (χ0v) is 32.9. The number of nitriles is 1. The number of benzene rings is 2. The number of fused-ring (bicyclic) bond motifs is 5. The van der Waals surface area contributed by atoms with Gasteiger partial charge in [0, 0.05) is 25.2 Å². The predicted molar refractivity (Wildman–Crippen MR) is 200 cm³/mol. The summed E-state index contributed by atoms with van der Waals surface area (Å²) in [5, 5.41) is 62.1. The summed E-state index contributed by atoms with van der Waals surface area (Å²) in [6, 6.07) is 14.6. The number of esters is 3. The number of Topliss-reactive ketones (excluding diaryl/α,β-unsaturated/α-hetero) is 1. The average Bonchev–Trinajstić information content (AvgIpc) is 3.17. The Labute approximate surface area is 333 Å². The first-order valence-corrected chi connectivity index (χ1v) is 19.5. The molecule has 2 aromatic carbocycles. The Hall–Kier alpha value is -4.63. The number of rotatable bonds is 10. The number of nitrogens with one attached hydrogen (secondary N) is 1. The molecule has 15 nitrogen and oxygen atoms in total. The van der Waals surface area contributed by atoms with Crippen LogP contribution in [0.3, 0.4) is 0 Å². The van der Waals surface area contributed by atoms with Crippen molar-refractivity contribution in [1.82, 2.24) is 5.32 Å². The maximum absolute atomic E-state index is 14.9. The number of thioether (sulfide) groups is 1. The minimum Gasteiger partial charge on any atom is -0.456 e. The van der Waals surface area contributed by atoms with Gasteiger partial charge in [-0.2, -0.15) is 5.26 Å². The number of nitrogens with zero attached hydrogens (tertiary/aromatic N) is 1. The Morgan fingerprint density at radius 3 is 2.25 bits per heavy atom. The number of ether oxygens (including phenoxy) is 4. The summed E-state index contributed by atoms with van der Waals surface area (Å²) < 4.78 is 24.0. The summed E-state index contributed by atoms with van der Waals surface area (Å²) >= 11 is 0.656. The summed E-state index contributed by atoms with van der Waals surface area (Å²) in [7, 11) is 0. The van der Waals surface area contributed by atoms with E-state index in [2.05, 4.69) is 5.32 Å². The largest absolute Gasteiger partial charge is 0.456 e. The molecule has 0 radical (unpaired) electrons. The second-order valence-electron chi connectivity index (χ2n) is 15.9. The van der Waals surface area contributed by atoms with E-state index in [9.17, 15) is 44.4 Å². The summed E-state index contributed by atoms with van der Waals surface area (Å²) in [5.41, 5.74) is -7.27. The van der Waals surface area contributed by atoms with E-state index in [4.69, 9.17) is 24.2 Å². The van der Waals surface area contributed by atoms with Crippen molar-refractivity contribution in [2.24, 2.45) is 16.7 Å². The molecule has 3 fully saturated rings. The standard InChI is InChI=1S/C41H46N2O13S/c1-21-25(54-37(51)32(48)30(23-12-8-6-9-13-23)43-28(46)18-57-20-42)17-41(52)35(55-36(50)24-14-10-7-11-15-24)33-39(5,34(49)31(47)29(21)38(41,3)4)26(45)16-27-40(33,19-53-27)56-22(2)44/h6-15,25-27,30-33,35,45,47-48,52H,16-19H2,1-5H3,(H,43,46)/t25-,26-,27+,30-,31+,32+,33-,35-,39+,40-,41+/m0/s1. The van der Waals surface area contributed by atoms with Crippen molar-refractivity contribution in [3.05, 3.63) is 82.9 Å². The number of aliphatic hydroxyl groups excluding tert-OH is 3. The molecule has 2 bridgehead atoms. The second kappa shape index (κ2) is 15.6. The van der Waals surface area contributed by atoms with Crippen molar-refractivity contribution in [1.29, 1.82) is 5.26 Å². The van der Waals surface area contributed by atoms with Crippen molar-refractivity contribution in [2.45, 2.75) is 101 Å². The predicted octanol–water partition coefficient (Wildman–Crippen LogP) is 2.07. The van der Waals surface area contributed by atoms with Crippen LogP contribution in [0.15, 0.2) is 71.8 Å². The smallest absolute Gasteiger partial charge is 0.338 e. The quantitative estimate of drug-likeness (QED) is 0.100. The lowest BCUT2D eigenvalue weighted by Crippen LogP contribution is -2.81. The molecule has 304 valence electrons. The monoisotopic (exact) mass is 806 g/mol. The third-order valence-electron chi connectivity index (χ3n) is 12.5. The van der Waals surface area contributed by atoms with Crippen molar-refractivity contribution in [3.8, 4) is 5.40 Å². The number of amides is 1. The Kier molecular flexibility index (Phi) is 11.5. The molecular weight excluding hydrogens is 761 g/mol. The SMILES string of the molecule is CC(=O)O[C@@]12CO[C@@H]1C[C@H](O)[C@@]1(C)C(=O)[C@H](O)C3=C(C)[C@@H](OC(=O)[C@H](O)[C@@H](NC(=O)CSC#N)c4ccccc4)C[C@@](O)([C@@H](OC(=O)c4ccccc4)[C@H]21)C3(C)C. The van der Waals surface area contributed by atoms with Gasteiger partial charge in [-0.3, -0.25) is 14.4 Å². The van der Waals surface area contributed by atoms with Gasteiger partial charge in [0.1, 0.15) is 35.4 Å². The molecule has 1 saturated heterocycles. The van der Waals surface area contributed by atoms with E-state index in [0.29, 0.717) is 17.3 Å². The third kappa shape index (κ3) is 6.93.